The quantitative estimate of drug-likeness (QED) is 0.287. The lowest BCUT2D eigenvalue weighted by Crippen LogP contribution is -2.11. The van der Waals surface area contributed by atoms with E-state index in [0.29, 0.717) is 5.56 Å². The van der Waals surface area contributed by atoms with Crippen LogP contribution >= 0.6 is 0 Å². The van der Waals surface area contributed by atoms with E-state index in [-0.39, 0.29) is 11.7 Å². The summed E-state index contributed by atoms with van der Waals surface area (Å²) in [4.78, 5) is 12.8. The zero-order valence-electron chi connectivity index (χ0n) is 18.9. The molecule has 0 saturated heterocycles. The Bertz CT molecular complexity index is 1220. The summed E-state index contributed by atoms with van der Waals surface area (Å²) in [7, 11) is 0. The molecule has 166 valence electrons. The number of carbonyl (C=O) groups excluding carboxylic acids is 1. The monoisotopic (exact) mass is 436 g/mol. The Kier molecular flexibility index (Phi) is 6.75. The molecule has 4 nitrogen and oxygen atoms in total. The molecule has 33 heavy (non-hydrogen) atoms. The molecule has 1 amide bonds. The third-order valence-corrected chi connectivity index (χ3v) is 5.74. The van der Waals surface area contributed by atoms with Gasteiger partial charge in [-0.15, -0.1) is 0 Å². The average molecular weight is 437 g/mol. The molecule has 3 N–H and O–H groups in total. The fourth-order valence-electron chi connectivity index (χ4n) is 3.89. The van der Waals surface area contributed by atoms with Gasteiger partial charge in [-0.25, -0.2) is 0 Å². The summed E-state index contributed by atoms with van der Waals surface area (Å²) in [5.74, 6) is 0.0724. The van der Waals surface area contributed by atoms with Crippen molar-refractivity contribution in [1.29, 1.82) is 0 Å². The maximum absolute atomic E-state index is 12.8. The number of phenols is 1. The highest BCUT2D eigenvalue weighted by atomic mass is 16.3. The number of aryl methyl sites for hydroxylation is 2. The highest BCUT2D eigenvalue weighted by Crippen LogP contribution is 2.28. The van der Waals surface area contributed by atoms with Crippen LogP contribution in [0.25, 0.3) is 11.1 Å². The van der Waals surface area contributed by atoms with Gasteiger partial charge in [-0.2, -0.15) is 0 Å². The van der Waals surface area contributed by atoms with Crippen LogP contribution in [0, 0.1) is 0 Å². The molecule has 0 aliphatic carbocycles. The smallest absolute Gasteiger partial charge is 0.255 e. The van der Waals surface area contributed by atoms with Crippen LogP contribution in [0.4, 0.5) is 17.1 Å². The first kappa shape index (κ1) is 22.2. The number of nitrogens with one attached hydrogen (secondary N) is 2. The fraction of sp³-hybridized carbons (Fsp3) is 0.138. The van der Waals surface area contributed by atoms with E-state index < -0.39 is 0 Å². The summed E-state index contributed by atoms with van der Waals surface area (Å²) >= 11 is 0. The number of hydrogen-bond acceptors (Lipinski definition) is 3. The van der Waals surface area contributed by atoms with E-state index in [2.05, 4.69) is 42.7 Å². The number of hydrogen-bond donors (Lipinski definition) is 3. The van der Waals surface area contributed by atoms with Gasteiger partial charge >= 0.3 is 0 Å². The predicted molar refractivity (Wildman–Crippen MR) is 136 cm³/mol. The number of carbonyl (C=O) groups is 1. The molecule has 0 radical (unpaired) electrons. The van der Waals surface area contributed by atoms with Gasteiger partial charge in [0.25, 0.3) is 5.91 Å². The zero-order valence-corrected chi connectivity index (χ0v) is 18.9. The number of aromatic hydroxyl groups is 1. The maximum atomic E-state index is 12.8. The minimum atomic E-state index is -0.160. The summed E-state index contributed by atoms with van der Waals surface area (Å²) < 4.78 is 0. The summed E-state index contributed by atoms with van der Waals surface area (Å²) in [5.41, 5.74) is 7.92. The zero-order chi connectivity index (χ0) is 23.2. The average Bonchev–Trinajstić information content (AvgIpc) is 2.85. The number of phenolic OH excluding ortho intramolecular Hbond substituents is 1. The van der Waals surface area contributed by atoms with Crippen LogP contribution in [0.1, 0.15) is 35.3 Å². The summed E-state index contributed by atoms with van der Waals surface area (Å²) in [5, 5.41) is 16.0. The van der Waals surface area contributed by atoms with E-state index in [1.54, 1.807) is 12.1 Å². The molecule has 0 aromatic heterocycles. The second-order valence-electron chi connectivity index (χ2n) is 7.94. The Balaban J connectivity index is 1.49. The Labute approximate surface area is 194 Å². The van der Waals surface area contributed by atoms with Crippen LogP contribution < -0.4 is 10.6 Å². The molecule has 0 saturated carbocycles. The Morgan fingerprint density at radius 2 is 1.27 bits per heavy atom. The lowest BCUT2D eigenvalue weighted by molar-refractivity contribution is 0.102. The second kappa shape index (κ2) is 10.0. The van der Waals surface area contributed by atoms with Crippen molar-refractivity contribution in [2.45, 2.75) is 26.7 Å². The Morgan fingerprint density at radius 1 is 0.727 bits per heavy atom. The van der Waals surface area contributed by atoms with Gasteiger partial charge in [-0.05, 0) is 77.6 Å². The SMILES string of the molecule is CCc1cccc(CC)c1Nc1cccc(NC(=O)c2ccc(-c3ccc(O)cc3)cc2)c1. The van der Waals surface area contributed by atoms with Crippen LogP contribution in [0.5, 0.6) is 5.75 Å². The van der Waals surface area contributed by atoms with Crippen molar-refractivity contribution in [2.24, 2.45) is 0 Å². The van der Waals surface area contributed by atoms with Crippen molar-refractivity contribution in [3.63, 3.8) is 0 Å². The van der Waals surface area contributed by atoms with E-state index in [9.17, 15) is 9.90 Å². The molecule has 0 bridgehead atoms. The van der Waals surface area contributed by atoms with Crippen LogP contribution in [0.15, 0.2) is 91.0 Å². The molecular weight excluding hydrogens is 408 g/mol. The largest absolute Gasteiger partial charge is 0.508 e. The van der Waals surface area contributed by atoms with Crippen molar-refractivity contribution < 1.29 is 9.90 Å². The van der Waals surface area contributed by atoms with Gasteiger partial charge in [0.1, 0.15) is 5.75 Å². The first-order valence-electron chi connectivity index (χ1n) is 11.3. The van der Waals surface area contributed by atoms with Crippen LogP contribution in [-0.2, 0) is 12.8 Å². The first-order valence-corrected chi connectivity index (χ1v) is 11.3. The maximum Gasteiger partial charge on any atom is 0.255 e. The third kappa shape index (κ3) is 5.24. The van der Waals surface area contributed by atoms with Gasteiger partial charge in [-0.3, -0.25) is 4.79 Å². The molecule has 4 rings (SSSR count). The lowest BCUT2D eigenvalue weighted by atomic mass is 10.0. The second-order valence-corrected chi connectivity index (χ2v) is 7.94. The van der Waals surface area contributed by atoms with Gasteiger partial charge in [0.15, 0.2) is 0 Å². The number of rotatable bonds is 7. The van der Waals surface area contributed by atoms with E-state index in [4.69, 9.17) is 0 Å². The van der Waals surface area contributed by atoms with E-state index in [1.807, 2.05) is 60.7 Å². The van der Waals surface area contributed by atoms with Gasteiger partial charge in [0, 0.05) is 22.6 Å². The van der Waals surface area contributed by atoms with Crippen molar-refractivity contribution in [3.8, 4) is 16.9 Å². The Hall–Kier alpha value is -4.05. The van der Waals surface area contributed by atoms with Crippen molar-refractivity contribution >= 4 is 23.0 Å². The van der Waals surface area contributed by atoms with Crippen molar-refractivity contribution in [2.75, 3.05) is 10.6 Å². The predicted octanol–water partition coefficient (Wildman–Crippen LogP) is 7.18. The summed E-state index contributed by atoms with van der Waals surface area (Å²) in [6, 6.07) is 28.6. The summed E-state index contributed by atoms with van der Waals surface area (Å²) in [6.45, 7) is 4.31. The van der Waals surface area contributed by atoms with E-state index in [1.165, 1.54) is 11.1 Å². The number of para-hydroxylation sites is 1. The normalized spacial score (nSPS) is 10.6. The van der Waals surface area contributed by atoms with Crippen LogP contribution in [-0.4, -0.2) is 11.0 Å². The molecule has 0 spiro atoms. The molecule has 4 heteroatoms. The van der Waals surface area contributed by atoms with E-state index >= 15 is 0 Å². The van der Waals surface area contributed by atoms with Gasteiger partial charge in [0.2, 0.25) is 0 Å². The standard InChI is InChI=1S/C29H28N2O2/c1-3-20-7-5-8-21(4-2)28(20)30-25-9-6-10-26(19-25)31-29(33)24-13-11-22(12-14-24)23-15-17-27(32)18-16-23/h5-19,30,32H,3-4H2,1-2H3,(H,31,33). The number of benzene rings is 4. The number of anilines is 3. The molecule has 0 aliphatic rings. The minimum absolute atomic E-state index is 0.160. The fourth-order valence-corrected chi connectivity index (χ4v) is 3.89. The molecular formula is C29H28N2O2. The molecule has 0 atom stereocenters. The third-order valence-electron chi connectivity index (χ3n) is 5.74. The Morgan fingerprint density at radius 3 is 1.88 bits per heavy atom. The molecule has 0 fully saturated rings. The van der Waals surface area contributed by atoms with Crippen LogP contribution in [0.3, 0.4) is 0 Å². The van der Waals surface area contributed by atoms with Gasteiger partial charge < -0.3 is 15.7 Å². The van der Waals surface area contributed by atoms with Crippen molar-refractivity contribution in [3.05, 3.63) is 108 Å². The highest BCUT2D eigenvalue weighted by Gasteiger charge is 2.10. The van der Waals surface area contributed by atoms with Crippen molar-refractivity contribution in [1.82, 2.24) is 0 Å². The van der Waals surface area contributed by atoms with Gasteiger partial charge in [0.05, 0.1) is 0 Å². The van der Waals surface area contributed by atoms with Crippen LogP contribution in [0.2, 0.25) is 0 Å². The topological polar surface area (TPSA) is 61.4 Å². The van der Waals surface area contributed by atoms with Gasteiger partial charge in [-0.1, -0.05) is 62.4 Å². The first-order chi connectivity index (χ1) is 16.1. The summed E-state index contributed by atoms with van der Waals surface area (Å²) in [6.07, 6.45) is 1.90. The number of amides is 1. The van der Waals surface area contributed by atoms with E-state index in [0.717, 1.165) is 41.0 Å². The molecule has 0 unspecified atom stereocenters. The molecule has 4 aromatic rings. The molecule has 0 heterocycles. The highest BCUT2D eigenvalue weighted by molar-refractivity contribution is 6.04. The lowest BCUT2D eigenvalue weighted by Gasteiger charge is -2.16. The molecule has 0 aliphatic heterocycles. The molecule has 4 aromatic carbocycles. The minimum Gasteiger partial charge on any atom is -0.508 e.